The number of carbonyl (C=O) groups is 1. The molecule has 3 atom stereocenters. The van der Waals surface area contributed by atoms with E-state index in [1.165, 1.54) is 22.5 Å². The number of aromatic nitrogens is 1. The van der Waals surface area contributed by atoms with Crippen molar-refractivity contribution in [2.24, 2.45) is 5.73 Å². The Hall–Kier alpha value is -2.62. The Morgan fingerprint density at radius 2 is 1.85 bits per heavy atom. The molecule has 40 heavy (non-hydrogen) atoms. The lowest BCUT2D eigenvalue weighted by molar-refractivity contribution is -0.199. The summed E-state index contributed by atoms with van der Waals surface area (Å²) in [5, 5.41) is -0.104. The molecule has 3 saturated heterocycles. The van der Waals surface area contributed by atoms with Gasteiger partial charge in [-0.05, 0) is 24.3 Å². The summed E-state index contributed by atoms with van der Waals surface area (Å²) in [6.07, 6.45) is -1.23. The summed E-state index contributed by atoms with van der Waals surface area (Å²) >= 11 is 6.11. The lowest BCUT2D eigenvalue weighted by Gasteiger charge is -2.36. The molecule has 0 saturated carbocycles. The highest BCUT2D eigenvalue weighted by Gasteiger charge is 2.45. The first kappa shape index (κ1) is 27.5. The van der Waals surface area contributed by atoms with Crippen LogP contribution >= 0.6 is 11.6 Å². The molecule has 0 bridgehead atoms. The van der Waals surface area contributed by atoms with Crippen molar-refractivity contribution < 1.29 is 36.2 Å². The Bertz CT molecular complexity index is 1420. The molecule has 2 aromatic rings. The number of hydrogen-bond acceptors (Lipinski definition) is 9. The van der Waals surface area contributed by atoms with Crippen LogP contribution < -0.4 is 20.3 Å². The van der Waals surface area contributed by atoms with Gasteiger partial charge in [0.1, 0.15) is 29.4 Å². The average Bonchev–Trinajstić information content (AvgIpc) is 3.26. The van der Waals surface area contributed by atoms with E-state index < -0.39 is 22.0 Å². The van der Waals surface area contributed by atoms with Crippen LogP contribution in [0.2, 0.25) is 5.15 Å². The smallest absolute Gasteiger partial charge is 0.301 e. The van der Waals surface area contributed by atoms with Gasteiger partial charge in [-0.25, -0.2) is 13.4 Å². The zero-order chi connectivity index (χ0) is 28.2. The van der Waals surface area contributed by atoms with E-state index >= 15 is 8.78 Å². The van der Waals surface area contributed by atoms with Crippen LogP contribution in [0.3, 0.4) is 0 Å². The van der Waals surface area contributed by atoms with Crippen molar-refractivity contribution in [1.29, 1.82) is 0 Å². The number of benzene rings is 1. The Balaban J connectivity index is 1.17. The van der Waals surface area contributed by atoms with Crippen molar-refractivity contribution in [3.63, 3.8) is 0 Å². The normalized spacial score (nSPS) is 25.9. The lowest BCUT2D eigenvalue weighted by atomic mass is 10.0. The SMILES string of the molecule is NC1CC(=O)N2c3ccc(S(=O)(=O)N4CCN(c5cc(C(F)(F)[C@@H]6COCCO6)cc(Cl)n5)CC4)cc3OCC12. The van der Waals surface area contributed by atoms with Crippen molar-refractivity contribution in [1.82, 2.24) is 9.29 Å². The molecule has 3 fully saturated rings. The fourth-order valence-electron chi connectivity index (χ4n) is 5.50. The van der Waals surface area contributed by atoms with Gasteiger partial charge in [0, 0.05) is 50.3 Å². The first-order valence-corrected chi connectivity index (χ1v) is 14.7. The largest absolute Gasteiger partial charge is 0.489 e. The number of pyridine rings is 1. The number of halogens is 3. The Morgan fingerprint density at radius 1 is 1.07 bits per heavy atom. The van der Waals surface area contributed by atoms with E-state index in [1.807, 2.05) is 0 Å². The zero-order valence-electron chi connectivity index (χ0n) is 21.3. The van der Waals surface area contributed by atoms with Crippen LogP contribution in [0.4, 0.5) is 20.3 Å². The third-order valence-electron chi connectivity index (χ3n) is 7.69. The summed E-state index contributed by atoms with van der Waals surface area (Å²) in [5.74, 6) is -2.95. The van der Waals surface area contributed by atoms with E-state index in [2.05, 4.69) is 4.98 Å². The number of anilines is 2. The lowest BCUT2D eigenvalue weighted by Crippen LogP contribution is -2.49. The monoisotopic (exact) mass is 599 g/mol. The predicted octanol–water partition coefficient (Wildman–Crippen LogP) is 1.58. The molecule has 11 nitrogen and oxygen atoms in total. The molecule has 1 aromatic heterocycles. The number of piperazine rings is 1. The molecule has 1 amide bonds. The van der Waals surface area contributed by atoms with E-state index in [0.717, 1.165) is 6.07 Å². The van der Waals surface area contributed by atoms with E-state index in [9.17, 15) is 13.2 Å². The molecule has 6 rings (SSSR count). The number of rotatable bonds is 5. The second kappa shape index (κ2) is 10.3. The molecule has 0 aliphatic carbocycles. The number of alkyl halides is 2. The van der Waals surface area contributed by atoms with Gasteiger partial charge in [0.05, 0.1) is 36.4 Å². The maximum absolute atomic E-state index is 15.2. The molecule has 2 N–H and O–H groups in total. The maximum atomic E-state index is 15.2. The van der Waals surface area contributed by atoms with Gasteiger partial charge in [0.15, 0.2) is 0 Å². The second-order valence-corrected chi connectivity index (χ2v) is 12.4. The average molecular weight is 600 g/mol. The standard InChI is InChI=1S/C25H28ClF2N5O6S/c26-22-9-15(25(27,28)21-14-37-7-8-38-21)10-23(30-22)31-3-5-32(6-4-31)40(35,36)16-1-2-18-20(11-16)39-13-19-17(29)12-24(34)33(18)19/h1-2,9-11,17,19,21H,3-8,12-14,29H2/t17?,19?,21-/m0/s1. The first-order chi connectivity index (χ1) is 19.1. The van der Waals surface area contributed by atoms with Crippen LogP contribution in [0.15, 0.2) is 35.2 Å². The third kappa shape index (κ3) is 4.80. The summed E-state index contributed by atoms with van der Waals surface area (Å²) in [4.78, 5) is 20.0. The van der Waals surface area contributed by atoms with E-state index in [-0.39, 0.29) is 98.4 Å². The van der Waals surface area contributed by atoms with Crippen LogP contribution in [0.25, 0.3) is 0 Å². The Labute approximate surface area is 234 Å². The molecule has 216 valence electrons. The van der Waals surface area contributed by atoms with Crippen molar-refractivity contribution in [3.8, 4) is 5.75 Å². The minimum absolute atomic E-state index is 0.0339. The Kier molecular flexibility index (Phi) is 7.12. The number of carbonyl (C=O) groups excluding carboxylic acids is 1. The molecule has 2 unspecified atom stereocenters. The highest BCUT2D eigenvalue weighted by molar-refractivity contribution is 7.89. The van der Waals surface area contributed by atoms with Crippen molar-refractivity contribution in [2.75, 3.05) is 62.4 Å². The van der Waals surface area contributed by atoms with Gasteiger partial charge in [0.25, 0.3) is 0 Å². The van der Waals surface area contributed by atoms with Crippen molar-refractivity contribution in [2.45, 2.75) is 35.4 Å². The summed E-state index contributed by atoms with van der Waals surface area (Å²) in [6, 6.07) is 6.19. The number of sulfonamides is 1. The fourth-order valence-corrected chi connectivity index (χ4v) is 7.14. The number of fused-ring (bicyclic) bond motifs is 3. The second-order valence-electron chi connectivity index (χ2n) is 10.1. The maximum Gasteiger partial charge on any atom is 0.301 e. The third-order valence-corrected chi connectivity index (χ3v) is 9.78. The van der Waals surface area contributed by atoms with Gasteiger partial charge in [-0.3, -0.25) is 4.79 Å². The summed E-state index contributed by atoms with van der Waals surface area (Å²) in [5.41, 5.74) is 6.21. The molecular weight excluding hydrogens is 572 g/mol. The van der Waals surface area contributed by atoms with Gasteiger partial charge < -0.3 is 29.7 Å². The summed E-state index contributed by atoms with van der Waals surface area (Å²) < 4.78 is 74.7. The van der Waals surface area contributed by atoms with Crippen LogP contribution in [0.1, 0.15) is 12.0 Å². The molecule has 4 aliphatic rings. The van der Waals surface area contributed by atoms with E-state index in [0.29, 0.717) is 11.4 Å². The van der Waals surface area contributed by atoms with Gasteiger partial charge in [-0.1, -0.05) is 11.6 Å². The van der Waals surface area contributed by atoms with Crippen LogP contribution in [0, 0.1) is 0 Å². The number of amides is 1. The predicted molar refractivity (Wildman–Crippen MR) is 140 cm³/mol. The van der Waals surface area contributed by atoms with Crippen molar-refractivity contribution >= 4 is 39.0 Å². The molecule has 1 aromatic carbocycles. The van der Waals surface area contributed by atoms with Gasteiger partial charge >= 0.3 is 5.92 Å². The van der Waals surface area contributed by atoms with E-state index in [4.69, 9.17) is 31.5 Å². The highest BCUT2D eigenvalue weighted by Crippen LogP contribution is 2.40. The van der Waals surface area contributed by atoms with Crippen LogP contribution in [0.5, 0.6) is 5.75 Å². The van der Waals surface area contributed by atoms with E-state index in [1.54, 1.807) is 15.9 Å². The number of nitrogens with zero attached hydrogens (tertiary/aromatic N) is 4. The Morgan fingerprint density at radius 3 is 2.58 bits per heavy atom. The fraction of sp³-hybridized carbons (Fsp3) is 0.520. The van der Waals surface area contributed by atoms with Crippen molar-refractivity contribution in [3.05, 3.63) is 41.0 Å². The number of hydrogen-bond donors (Lipinski definition) is 1. The topological polar surface area (TPSA) is 128 Å². The molecule has 0 spiro atoms. The molecule has 15 heteroatoms. The van der Waals surface area contributed by atoms with Crippen LogP contribution in [-0.4, -0.2) is 94.4 Å². The zero-order valence-corrected chi connectivity index (χ0v) is 22.9. The highest BCUT2D eigenvalue weighted by atomic mass is 35.5. The van der Waals surface area contributed by atoms with Gasteiger partial charge in [0.2, 0.25) is 15.9 Å². The summed E-state index contributed by atoms with van der Waals surface area (Å²) in [7, 11) is -3.90. The van der Waals surface area contributed by atoms with Gasteiger partial charge in [-0.2, -0.15) is 13.1 Å². The molecular formula is C25H28ClF2N5O6S. The molecule has 5 heterocycles. The van der Waals surface area contributed by atoms with Gasteiger partial charge in [-0.15, -0.1) is 0 Å². The first-order valence-electron chi connectivity index (χ1n) is 12.9. The number of ether oxygens (including phenoxy) is 3. The molecule has 0 radical (unpaired) electrons. The summed E-state index contributed by atoms with van der Waals surface area (Å²) in [6.45, 7) is 0.902. The minimum Gasteiger partial charge on any atom is -0.489 e. The minimum atomic E-state index is -3.90. The van der Waals surface area contributed by atoms with Crippen LogP contribution in [-0.2, 0) is 30.2 Å². The molecule has 4 aliphatic heterocycles. The number of nitrogens with two attached hydrogens (primary N) is 1. The quantitative estimate of drug-likeness (QED) is 0.510.